The van der Waals surface area contributed by atoms with Crippen LogP contribution < -0.4 is 0 Å². The van der Waals surface area contributed by atoms with Crippen LogP contribution in [-0.2, 0) is 0 Å². The van der Waals surface area contributed by atoms with Crippen LogP contribution in [0.3, 0.4) is 0 Å². The molecule has 0 amide bonds. The number of hydrogen-bond donors (Lipinski definition) is 0. The van der Waals surface area contributed by atoms with Gasteiger partial charge in [0.15, 0.2) is 0 Å². The molecule has 0 atom stereocenters. The maximum absolute atomic E-state index is 9.28. The van der Waals surface area contributed by atoms with E-state index in [0.29, 0.717) is 11.1 Å². The number of rotatable bonds is 3. The van der Waals surface area contributed by atoms with E-state index in [0.717, 1.165) is 28.1 Å². The smallest absolute Gasteiger partial charge is 0.130 e. The van der Waals surface area contributed by atoms with E-state index < -0.39 is 0 Å². The topological polar surface area (TPSA) is 95.2 Å². The Morgan fingerprint density at radius 2 is 0.821 bits per heavy atom. The van der Waals surface area contributed by atoms with E-state index in [2.05, 4.69) is 0 Å². The summed E-state index contributed by atoms with van der Waals surface area (Å²) in [6, 6.07) is 7.64. The summed E-state index contributed by atoms with van der Waals surface area (Å²) >= 11 is 6.29. The van der Waals surface area contributed by atoms with Crippen LogP contribution >= 0.6 is 47.0 Å². The lowest BCUT2D eigenvalue weighted by Gasteiger charge is -2.12. The van der Waals surface area contributed by atoms with Crippen LogP contribution in [0.15, 0.2) is 62.5 Å². The van der Waals surface area contributed by atoms with Crippen LogP contribution in [0.1, 0.15) is 27.7 Å². The average Bonchev–Trinajstić information content (AvgIpc) is 3.19. The van der Waals surface area contributed by atoms with Crippen LogP contribution in [-0.4, -0.2) is 0 Å². The first-order valence-electron chi connectivity index (χ1n) is 7.93. The van der Waals surface area contributed by atoms with Gasteiger partial charge in [-0.05, 0) is 59.5 Å². The van der Waals surface area contributed by atoms with E-state index in [9.17, 15) is 21.0 Å². The molecule has 0 N–H and O–H groups in total. The van der Waals surface area contributed by atoms with Gasteiger partial charge in [0.05, 0.1) is 8.47 Å². The van der Waals surface area contributed by atoms with Gasteiger partial charge in [-0.25, -0.2) is 0 Å². The van der Waals surface area contributed by atoms with Gasteiger partial charge in [-0.2, -0.15) is 21.0 Å². The van der Waals surface area contributed by atoms with Crippen molar-refractivity contribution in [3.05, 3.63) is 62.5 Å². The summed E-state index contributed by atoms with van der Waals surface area (Å²) in [4.78, 5) is 4.58. The molecule has 0 aromatic rings. The van der Waals surface area contributed by atoms with Crippen molar-refractivity contribution < 1.29 is 0 Å². The molecule has 0 radical (unpaired) electrons. The molecular formula is C20H14N4S4. The molecule has 2 aliphatic heterocycles. The highest BCUT2D eigenvalue weighted by Crippen LogP contribution is 2.55. The standard InChI is InChI=1S/C20H14N4S4/c1-11-12(2)26-19(25-11)17(5-15(7-21)8-22)18(6-16(9-23)10-24)20-27-13(3)14(4)28-20/h5-6H,1-4H3. The Morgan fingerprint density at radius 1 is 0.571 bits per heavy atom. The molecular weight excluding hydrogens is 425 g/mol. The second-order valence-corrected chi connectivity index (χ2v) is 11.0. The maximum Gasteiger partial charge on any atom is 0.130 e. The molecule has 0 saturated carbocycles. The molecule has 0 unspecified atom stereocenters. The van der Waals surface area contributed by atoms with E-state index in [-0.39, 0.29) is 11.1 Å². The molecule has 2 heterocycles. The number of nitrogens with zero attached hydrogens (tertiary/aromatic N) is 4. The molecule has 138 valence electrons. The van der Waals surface area contributed by atoms with Gasteiger partial charge in [0, 0.05) is 11.1 Å². The minimum absolute atomic E-state index is 0.0257. The van der Waals surface area contributed by atoms with Crippen molar-refractivity contribution in [2.24, 2.45) is 0 Å². The van der Waals surface area contributed by atoms with Crippen LogP contribution in [0.4, 0.5) is 0 Å². The predicted octanol–water partition coefficient (Wildman–Crippen LogP) is 6.82. The Balaban J connectivity index is 2.79. The van der Waals surface area contributed by atoms with E-state index in [1.54, 1.807) is 59.2 Å². The largest absolute Gasteiger partial charge is 0.192 e. The monoisotopic (exact) mass is 438 g/mol. The van der Waals surface area contributed by atoms with Gasteiger partial charge in [0.25, 0.3) is 0 Å². The zero-order valence-electron chi connectivity index (χ0n) is 15.6. The highest BCUT2D eigenvalue weighted by Gasteiger charge is 2.25. The zero-order valence-corrected chi connectivity index (χ0v) is 18.8. The molecule has 2 aliphatic rings. The fourth-order valence-corrected chi connectivity index (χ4v) is 7.20. The number of allylic oxidation sites excluding steroid dienone is 10. The first-order chi connectivity index (χ1) is 13.3. The Morgan fingerprint density at radius 3 is 1.04 bits per heavy atom. The molecule has 0 aliphatic carbocycles. The Labute approximate surface area is 182 Å². The summed E-state index contributed by atoms with van der Waals surface area (Å²) in [5.41, 5.74) is 1.32. The van der Waals surface area contributed by atoms with Crippen molar-refractivity contribution in [2.75, 3.05) is 0 Å². The fourth-order valence-electron chi connectivity index (χ4n) is 2.07. The molecule has 4 nitrogen and oxygen atoms in total. The summed E-state index contributed by atoms with van der Waals surface area (Å²) in [5.74, 6) is 0. The van der Waals surface area contributed by atoms with Gasteiger partial charge in [0.1, 0.15) is 35.4 Å². The number of nitriles is 4. The molecule has 0 aromatic carbocycles. The van der Waals surface area contributed by atoms with E-state index in [1.165, 1.54) is 0 Å². The quantitative estimate of drug-likeness (QED) is 0.443. The second kappa shape index (κ2) is 9.83. The number of hydrogen-bond acceptors (Lipinski definition) is 8. The van der Waals surface area contributed by atoms with Gasteiger partial charge >= 0.3 is 0 Å². The molecule has 8 heteroatoms. The molecule has 2 rings (SSSR count). The first-order valence-corrected chi connectivity index (χ1v) is 11.2. The lowest BCUT2D eigenvalue weighted by atomic mass is 10.0. The van der Waals surface area contributed by atoms with Crippen LogP contribution in [0.2, 0.25) is 0 Å². The summed E-state index contributed by atoms with van der Waals surface area (Å²) in [6.07, 6.45) is 3.10. The molecule has 0 aromatic heterocycles. The van der Waals surface area contributed by atoms with E-state index in [4.69, 9.17) is 0 Å². The molecule has 28 heavy (non-hydrogen) atoms. The Hall–Kier alpha value is -2.20. The fraction of sp³-hybridized carbons (Fsp3) is 0.200. The minimum Gasteiger partial charge on any atom is -0.192 e. The van der Waals surface area contributed by atoms with Gasteiger partial charge in [-0.1, -0.05) is 47.0 Å². The SMILES string of the molecule is CC1=C(C)SC(=C(C=C(C#N)C#N)C(C=C(C#N)C#N)=C2SC(C)=C(C)S2)S1. The molecule has 0 bridgehead atoms. The summed E-state index contributed by atoms with van der Waals surface area (Å²) < 4.78 is 1.85. The van der Waals surface area contributed by atoms with Crippen molar-refractivity contribution in [3.8, 4) is 24.3 Å². The normalized spacial score (nSPS) is 15.4. The third-order valence-electron chi connectivity index (χ3n) is 3.76. The summed E-state index contributed by atoms with van der Waals surface area (Å²) in [6.45, 7) is 8.07. The summed E-state index contributed by atoms with van der Waals surface area (Å²) in [5, 5.41) is 37.1. The Bertz CT molecular complexity index is 935. The third kappa shape index (κ3) is 4.99. The van der Waals surface area contributed by atoms with E-state index in [1.807, 2.05) is 52.0 Å². The first kappa shape index (κ1) is 22.1. The lowest BCUT2D eigenvalue weighted by Crippen LogP contribution is -1.92. The number of thioether (sulfide) groups is 4. The van der Waals surface area contributed by atoms with Gasteiger partial charge in [-0.3, -0.25) is 0 Å². The van der Waals surface area contributed by atoms with Gasteiger partial charge < -0.3 is 0 Å². The zero-order chi connectivity index (χ0) is 20.8. The highest BCUT2D eigenvalue weighted by molar-refractivity contribution is 8.29. The third-order valence-corrected chi connectivity index (χ3v) is 9.09. The average molecular weight is 439 g/mol. The predicted molar refractivity (Wildman–Crippen MR) is 120 cm³/mol. The van der Waals surface area contributed by atoms with Crippen molar-refractivity contribution >= 4 is 47.0 Å². The van der Waals surface area contributed by atoms with Crippen molar-refractivity contribution in [1.82, 2.24) is 0 Å². The Kier molecular flexibility index (Phi) is 7.76. The van der Waals surface area contributed by atoms with Crippen LogP contribution in [0.5, 0.6) is 0 Å². The minimum atomic E-state index is -0.0257. The molecule has 0 spiro atoms. The molecule has 0 fully saturated rings. The van der Waals surface area contributed by atoms with Crippen LogP contribution in [0.25, 0.3) is 0 Å². The van der Waals surface area contributed by atoms with Crippen LogP contribution in [0, 0.1) is 45.3 Å². The van der Waals surface area contributed by atoms with Crippen molar-refractivity contribution in [3.63, 3.8) is 0 Å². The van der Waals surface area contributed by atoms with Crippen molar-refractivity contribution in [2.45, 2.75) is 27.7 Å². The molecule has 0 saturated heterocycles. The summed E-state index contributed by atoms with van der Waals surface area (Å²) in [7, 11) is 0. The second-order valence-electron chi connectivity index (χ2n) is 5.60. The van der Waals surface area contributed by atoms with Crippen molar-refractivity contribution in [1.29, 1.82) is 21.0 Å². The lowest BCUT2D eigenvalue weighted by molar-refractivity contribution is 1.43. The van der Waals surface area contributed by atoms with Gasteiger partial charge in [-0.15, -0.1) is 0 Å². The highest BCUT2D eigenvalue weighted by atomic mass is 32.2. The van der Waals surface area contributed by atoms with Gasteiger partial charge in [0.2, 0.25) is 0 Å². The van der Waals surface area contributed by atoms with E-state index >= 15 is 0 Å². The maximum atomic E-state index is 9.28.